The molecule has 2 aromatic heterocycles. The van der Waals surface area contributed by atoms with Gasteiger partial charge < -0.3 is 10.1 Å². The van der Waals surface area contributed by atoms with Gasteiger partial charge in [0.2, 0.25) is 0 Å². The smallest absolute Gasteiger partial charge is 0.137 e. The van der Waals surface area contributed by atoms with E-state index in [0.717, 1.165) is 28.5 Å². The summed E-state index contributed by atoms with van der Waals surface area (Å²) in [6, 6.07) is 11.9. The highest BCUT2D eigenvalue weighted by Crippen LogP contribution is 2.22. The van der Waals surface area contributed by atoms with E-state index in [-0.39, 0.29) is 6.04 Å². The van der Waals surface area contributed by atoms with Crippen LogP contribution in [0.1, 0.15) is 35.5 Å². The van der Waals surface area contributed by atoms with Crippen molar-refractivity contribution in [3.63, 3.8) is 0 Å². The molecule has 0 aliphatic rings. The number of pyridine rings is 1. The number of hydrogen-bond acceptors (Lipinski definition) is 2. The quantitative estimate of drug-likeness (QED) is 0.797. The van der Waals surface area contributed by atoms with Gasteiger partial charge in [0.25, 0.3) is 0 Å². The minimum Gasteiger partial charge on any atom is -0.323 e. The molecule has 0 amide bonds. The van der Waals surface area contributed by atoms with Gasteiger partial charge >= 0.3 is 0 Å². The van der Waals surface area contributed by atoms with Crippen molar-refractivity contribution in [3.05, 3.63) is 70.1 Å². The molecule has 3 nitrogen and oxygen atoms in total. The lowest BCUT2D eigenvalue weighted by atomic mass is 10.1. The van der Waals surface area contributed by atoms with E-state index in [9.17, 15) is 0 Å². The molecule has 3 aromatic rings. The van der Waals surface area contributed by atoms with Crippen molar-refractivity contribution in [1.29, 1.82) is 0 Å². The summed E-state index contributed by atoms with van der Waals surface area (Å²) in [5.41, 5.74) is 11.6. The first kappa shape index (κ1) is 14.1. The lowest BCUT2D eigenvalue weighted by Crippen LogP contribution is -2.11. The maximum atomic E-state index is 6.17. The molecule has 2 N–H and O–H groups in total. The highest BCUT2D eigenvalue weighted by Gasteiger charge is 2.15. The predicted molar refractivity (Wildman–Crippen MR) is 86.8 cm³/mol. The molecule has 4 heteroatoms. The first-order valence-corrected chi connectivity index (χ1v) is 7.40. The molecule has 21 heavy (non-hydrogen) atoms. The van der Waals surface area contributed by atoms with E-state index in [1.54, 1.807) is 0 Å². The summed E-state index contributed by atoms with van der Waals surface area (Å²) >= 11 is 5.94. The van der Waals surface area contributed by atoms with Crippen LogP contribution in [0.15, 0.2) is 42.6 Å². The molecule has 3 rings (SSSR count). The van der Waals surface area contributed by atoms with Gasteiger partial charge in [0.1, 0.15) is 5.65 Å². The van der Waals surface area contributed by atoms with Crippen LogP contribution < -0.4 is 5.73 Å². The minimum atomic E-state index is -0.0656. The standard InChI is InChI=1S/C17H18ClN3/c1-11-3-8-16-20-15(17(12(2)19)21(16)10-11)9-13-4-6-14(18)7-5-13/h3-8,10,12H,9,19H2,1-2H3. The van der Waals surface area contributed by atoms with E-state index in [1.807, 2.05) is 37.3 Å². The summed E-state index contributed by atoms with van der Waals surface area (Å²) < 4.78 is 2.10. The number of nitrogens with zero attached hydrogens (tertiary/aromatic N) is 2. The van der Waals surface area contributed by atoms with E-state index in [4.69, 9.17) is 22.3 Å². The van der Waals surface area contributed by atoms with Crippen molar-refractivity contribution >= 4 is 17.2 Å². The van der Waals surface area contributed by atoms with Crippen LogP contribution in [-0.4, -0.2) is 9.38 Å². The van der Waals surface area contributed by atoms with Crippen molar-refractivity contribution in [1.82, 2.24) is 9.38 Å². The molecule has 0 fully saturated rings. The summed E-state index contributed by atoms with van der Waals surface area (Å²) in [4.78, 5) is 4.74. The summed E-state index contributed by atoms with van der Waals surface area (Å²) in [5.74, 6) is 0. The average molecular weight is 300 g/mol. The molecule has 0 saturated heterocycles. The van der Waals surface area contributed by atoms with E-state index >= 15 is 0 Å². The van der Waals surface area contributed by atoms with Crippen LogP contribution in [0, 0.1) is 6.92 Å². The second-order valence-corrected chi connectivity index (χ2v) is 5.91. The van der Waals surface area contributed by atoms with Crippen molar-refractivity contribution in [3.8, 4) is 0 Å². The van der Waals surface area contributed by atoms with Gasteiger partial charge in [-0.3, -0.25) is 0 Å². The van der Waals surface area contributed by atoms with Crippen molar-refractivity contribution < 1.29 is 0 Å². The highest BCUT2D eigenvalue weighted by molar-refractivity contribution is 6.30. The molecule has 2 heterocycles. The fourth-order valence-corrected chi connectivity index (χ4v) is 2.75. The predicted octanol–water partition coefficient (Wildman–Crippen LogP) is 3.91. The Morgan fingerprint density at radius 2 is 1.90 bits per heavy atom. The van der Waals surface area contributed by atoms with Gasteiger partial charge in [0.15, 0.2) is 0 Å². The van der Waals surface area contributed by atoms with Gasteiger partial charge in [0, 0.05) is 23.7 Å². The Bertz CT molecular complexity index is 773. The number of aryl methyl sites for hydroxylation is 1. The molecule has 1 aromatic carbocycles. The van der Waals surface area contributed by atoms with Gasteiger partial charge in [0.05, 0.1) is 11.4 Å². The van der Waals surface area contributed by atoms with Crippen LogP contribution in [0.3, 0.4) is 0 Å². The molecule has 0 aliphatic heterocycles. The van der Waals surface area contributed by atoms with Crippen LogP contribution in [0.4, 0.5) is 0 Å². The van der Waals surface area contributed by atoms with Crippen LogP contribution >= 0.6 is 11.6 Å². The zero-order valence-corrected chi connectivity index (χ0v) is 12.9. The molecular formula is C17H18ClN3. The van der Waals surface area contributed by atoms with Crippen LogP contribution in [0.2, 0.25) is 5.02 Å². The molecule has 0 aliphatic carbocycles. The van der Waals surface area contributed by atoms with Crippen LogP contribution in [-0.2, 0) is 6.42 Å². The Labute approximate surface area is 129 Å². The third kappa shape index (κ3) is 2.80. The third-order valence-electron chi connectivity index (χ3n) is 3.60. The van der Waals surface area contributed by atoms with Crippen molar-refractivity contribution in [2.24, 2.45) is 5.73 Å². The minimum absolute atomic E-state index is 0.0656. The molecule has 1 unspecified atom stereocenters. The summed E-state index contributed by atoms with van der Waals surface area (Å²) in [6.45, 7) is 4.07. The molecular weight excluding hydrogens is 282 g/mol. The Kier molecular flexibility index (Phi) is 3.70. The SMILES string of the molecule is Cc1ccc2nc(Cc3ccc(Cl)cc3)c(C(C)N)n2c1. The number of imidazole rings is 1. The Balaban J connectivity index is 2.08. The van der Waals surface area contributed by atoms with Gasteiger partial charge in [-0.25, -0.2) is 4.98 Å². The first-order chi connectivity index (χ1) is 10.0. The number of halogens is 1. The molecule has 108 valence electrons. The van der Waals surface area contributed by atoms with Gasteiger partial charge in [-0.2, -0.15) is 0 Å². The Hall–Kier alpha value is -1.84. The summed E-state index contributed by atoms with van der Waals surface area (Å²) in [7, 11) is 0. The number of benzene rings is 1. The van der Waals surface area contributed by atoms with E-state index in [2.05, 4.69) is 23.6 Å². The Morgan fingerprint density at radius 1 is 1.19 bits per heavy atom. The second-order valence-electron chi connectivity index (χ2n) is 5.47. The maximum Gasteiger partial charge on any atom is 0.137 e. The summed E-state index contributed by atoms with van der Waals surface area (Å²) in [6.07, 6.45) is 2.85. The number of fused-ring (bicyclic) bond motifs is 1. The van der Waals surface area contributed by atoms with Gasteiger partial charge in [-0.15, -0.1) is 0 Å². The molecule has 1 atom stereocenters. The van der Waals surface area contributed by atoms with Crippen molar-refractivity contribution in [2.75, 3.05) is 0 Å². The van der Waals surface area contributed by atoms with Crippen molar-refractivity contribution in [2.45, 2.75) is 26.3 Å². The van der Waals surface area contributed by atoms with Gasteiger partial charge in [-0.05, 0) is 43.2 Å². The zero-order valence-electron chi connectivity index (χ0n) is 12.2. The zero-order chi connectivity index (χ0) is 15.0. The van der Waals surface area contributed by atoms with E-state index in [0.29, 0.717) is 0 Å². The maximum absolute atomic E-state index is 6.17. The fraction of sp³-hybridized carbons (Fsp3) is 0.235. The number of nitrogens with two attached hydrogens (primary N) is 1. The first-order valence-electron chi connectivity index (χ1n) is 7.02. The summed E-state index contributed by atoms with van der Waals surface area (Å²) in [5, 5.41) is 0.747. The normalized spacial score (nSPS) is 12.8. The topological polar surface area (TPSA) is 43.3 Å². The number of aromatic nitrogens is 2. The monoisotopic (exact) mass is 299 g/mol. The molecule has 0 spiro atoms. The Morgan fingerprint density at radius 3 is 2.57 bits per heavy atom. The van der Waals surface area contributed by atoms with Crippen LogP contribution in [0.25, 0.3) is 5.65 Å². The largest absolute Gasteiger partial charge is 0.323 e. The number of hydrogen-bond donors (Lipinski definition) is 1. The lowest BCUT2D eigenvalue weighted by molar-refractivity contribution is 0.754. The van der Waals surface area contributed by atoms with E-state index in [1.165, 1.54) is 11.1 Å². The second kappa shape index (κ2) is 5.51. The van der Waals surface area contributed by atoms with E-state index < -0.39 is 0 Å². The van der Waals surface area contributed by atoms with Gasteiger partial charge in [-0.1, -0.05) is 29.8 Å². The average Bonchev–Trinajstić information content (AvgIpc) is 2.78. The molecule has 0 bridgehead atoms. The molecule has 0 saturated carbocycles. The fourth-order valence-electron chi connectivity index (χ4n) is 2.63. The van der Waals surface area contributed by atoms with Crippen LogP contribution in [0.5, 0.6) is 0 Å². The lowest BCUT2D eigenvalue weighted by Gasteiger charge is -2.09. The third-order valence-corrected chi connectivity index (χ3v) is 3.85. The number of rotatable bonds is 3. The molecule has 0 radical (unpaired) electrons. The highest BCUT2D eigenvalue weighted by atomic mass is 35.5.